The summed E-state index contributed by atoms with van der Waals surface area (Å²) >= 11 is 0. The first kappa shape index (κ1) is 14.9. The number of urea groups is 1. The molecule has 5 nitrogen and oxygen atoms in total. The molecule has 114 valence electrons. The largest absolute Gasteiger partial charge is 0.481 e. The lowest BCUT2D eigenvalue weighted by Gasteiger charge is -2.27. The molecule has 2 aliphatic rings. The minimum Gasteiger partial charge on any atom is -0.481 e. The molecule has 1 saturated carbocycles. The monoisotopic (exact) mass is 294 g/mol. The van der Waals surface area contributed by atoms with Gasteiger partial charge in [0.25, 0.3) is 0 Å². The summed E-state index contributed by atoms with van der Waals surface area (Å²) in [5.41, 5.74) is -2.84. The highest BCUT2D eigenvalue weighted by atomic mass is 19.4. The standard InChI is InChI=1S/C12H17F3N2O3/c1-7-4-8(7)5-16-10(20)17-3-2-11(6-17,9(18)19)12(13,14)15/h7-8H,2-6H2,1H3,(H,16,20)(H,18,19). The minimum atomic E-state index is -4.86. The SMILES string of the molecule is CC1CC1CNC(=O)N1CCC(C(=O)O)(C(F)(F)F)C1. The van der Waals surface area contributed by atoms with E-state index in [9.17, 15) is 22.8 Å². The van der Waals surface area contributed by atoms with Crippen molar-refractivity contribution < 1.29 is 27.9 Å². The summed E-state index contributed by atoms with van der Waals surface area (Å²) in [5.74, 6) is -1.01. The Bertz CT molecular complexity index is 427. The van der Waals surface area contributed by atoms with Gasteiger partial charge in [0.15, 0.2) is 5.41 Å². The Balaban J connectivity index is 1.96. The fourth-order valence-corrected chi connectivity index (χ4v) is 2.52. The van der Waals surface area contributed by atoms with Gasteiger partial charge in [0.05, 0.1) is 0 Å². The van der Waals surface area contributed by atoms with Crippen molar-refractivity contribution in [1.29, 1.82) is 0 Å². The van der Waals surface area contributed by atoms with Crippen LogP contribution in [0.1, 0.15) is 19.8 Å². The molecule has 0 aromatic rings. The summed E-state index contributed by atoms with van der Waals surface area (Å²) in [4.78, 5) is 23.7. The maximum atomic E-state index is 12.9. The first-order valence-electron chi connectivity index (χ1n) is 6.50. The highest BCUT2D eigenvalue weighted by Crippen LogP contribution is 2.45. The second-order valence-corrected chi connectivity index (χ2v) is 5.72. The van der Waals surface area contributed by atoms with Crippen LogP contribution in [0, 0.1) is 17.3 Å². The molecule has 3 unspecified atom stereocenters. The normalized spacial score (nSPS) is 33.1. The zero-order valence-corrected chi connectivity index (χ0v) is 11.0. The van der Waals surface area contributed by atoms with Gasteiger partial charge in [0.1, 0.15) is 0 Å². The molecule has 2 rings (SSSR count). The zero-order valence-electron chi connectivity index (χ0n) is 11.0. The summed E-state index contributed by atoms with van der Waals surface area (Å²) in [6.45, 7) is 1.45. The van der Waals surface area contributed by atoms with Crippen LogP contribution in [0.25, 0.3) is 0 Å². The molecule has 2 amide bonds. The Morgan fingerprint density at radius 2 is 2.05 bits per heavy atom. The van der Waals surface area contributed by atoms with Crippen LogP contribution >= 0.6 is 0 Å². The first-order valence-corrected chi connectivity index (χ1v) is 6.50. The quantitative estimate of drug-likeness (QED) is 0.832. The Kier molecular flexibility index (Phi) is 3.60. The molecule has 20 heavy (non-hydrogen) atoms. The van der Waals surface area contributed by atoms with Crippen molar-refractivity contribution in [3.63, 3.8) is 0 Å². The van der Waals surface area contributed by atoms with Crippen molar-refractivity contribution in [2.75, 3.05) is 19.6 Å². The molecule has 0 bridgehead atoms. The van der Waals surface area contributed by atoms with E-state index in [4.69, 9.17) is 5.11 Å². The third-order valence-corrected chi connectivity index (χ3v) is 4.30. The van der Waals surface area contributed by atoms with E-state index in [0.29, 0.717) is 18.4 Å². The van der Waals surface area contributed by atoms with Gasteiger partial charge in [0.2, 0.25) is 0 Å². The van der Waals surface area contributed by atoms with Crippen LogP contribution in [0.3, 0.4) is 0 Å². The van der Waals surface area contributed by atoms with Crippen molar-refractivity contribution in [2.45, 2.75) is 25.9 Å². The third kappa shape index (κ3) is 2.55. The van der Waals surface area contributed by atoms with Crippen LogP contribution in [0.15, 0.2) is 0 Å². The molecule has 1 aliphatic heterocycles. The van der Waals surface area contributed by atoms with E-state index in [2.05, 4.69) is 5.32 Å². The van der Waals surface area contributed by atoms with Gasteiger partial charge in [-0.3, -0.25) is 4.79 Å². The van der Waals surface area contributed by atoms with Crippen LogP contribution in [0.4, 0.5) is 18.0 Å². The average molecular weight is 294 g/mol. The molecule has 8 heteroatoms. The van der Waals surface area contributed by atoms with E-state index < -0.39 is 36.6 Å². The minimum absolute atomic E-state index is 0.197. The maximum absolute atomic E-state index is 12.9. The topological polar surface area (TPSA) is 69.6 Å². The van der Waals surface area contributed by atoms with E-state index in [1.807, 2.05) is 6.92 Å². The van der Waals surface area contributed by atoms with Crippen molar-refractivity contribution in [1.82, 2.24) is 10.2 Å². The summed E-state index contributed by atoms with van der Waals surface area (Å²) < 4.78 is 38.8. The Hall–Kier alpha value is -1.47. The lowest BCUT2D eigenvalue weighted by atomic mass is 9.86. The molecule has 0 aromatic heterocycles. The van der Waals surface area contributed by atoms with Crippen molar-refractivity contribution in [3.8, 4) is 0 Å². The molecular weight excluding hydrogens is 277 g/mol. The number of carbonyl (C=O) groups is 2. The van der Waals surface area contributed by atoms with Crippen LogP contribution in [0.5, 0.6) is 0 Å². The molecule has 0 spiro atoms. The molecule has 2 N–H and O–H groups in total. The van der Waals surface area contributed by atoms with E-state index in [1.54, 1.807) is 0 Å². The highest BCUT2D eigenvalue weighted by Gasteiger charge is 2.64. The van der Waals surface area contributed by atoms with E-state index in [1.165, 1.54) is 0 Å². The van der Waals surface area contributed by atoms with Crippen LogP contribution < -0.4 is 5.32 Å². The number of alkyl halides is 3. The number of halogens is 3. The van der Waals surface area contributed by atoms with Crippen molar-refractivity contribution in [3.05, 3.63) is 0 Å². The molecule has 2 fully saturated rings. The number of carboxylic acids is 1. The second-order valence-electron chi connectivity index (χ2n) is 5.72. The molecule has 1 saturated heterocycles. The molecule has 0 aromatic carbocycles. The van der Waals surface area contributed by atoms with E-state index >= 15 is 0 Å². The Morgan fingerprint density at radius 3 is 2.45 bits per heavy atom. The average Bonchev–Trinajstić information content (AvgIpc) is 2.87. The molecule has 0 radical (unpaired) electrons. The summed E-state index contributed by atoms with van der Waals surface area (Å²) in [5, 5.41) is 11.5. The number of hydrogen-bond acceptors (Lipinski definition) is 2. The van der Waals surface area contributed by atoms with Gasteiger partial charge in [-0.1, -0.05) is 6.92 Å². The van der Waals surface area contributed by atoms with Gasteiger partial charge in [-0.25, -0.2) is 4.79 Å². The number of carboxylic acid groups (broad SMARTS) is 1. The number of aliphatic carboxylic acids is 1. The zero-order chi connectivity index (χ0) is 15.1. The van der Waals surface area contributed by atoms with Gasteiger partial charge in [0, 0.05) is 19.6 Å². The molecule has 1 aliphatic carbocycles. The maximum Gasteiger partial charge on any atom is 0.406 e. The van der Waals surface area contributed by atoms with Crippen molar-refractivity contribution >= 4 is 12.0 Å². The third-order valence-electron chi connectivity index (χ3n) is 4.30. The number of carbonyl (C=O) groups excluding carboxylic acids is 1. The molecule has 1 heterocycles. The Labute approximate surface area is 114 Å². The van der Waals surface area contributed by atoms with Gasteiger partial charge < -0.3 is 15.3 Å². The number of nitrogens with one attached hydrogen (secondary N) is 1. The smallest absolute Gasteiger partial charge is 0.406 e. The number of hydrogen-bond donors (Lipinski definition) is 2. The number of amides is 2. The fourth-order valence-electron chi connectivity index (χ4n) is 2.52. The predicted molar refractivity (Wildman–Crippen MR) is 63.0 cm³/mol. The molecular formula is C12H17F3N2O3. The van der Waals surface area contributed by atoms with Crippen LogP contribution in [-0.2, 0) is 4.79 Å². The fraction of sp³-hybridized carbons (Fsp3) is 0.833. The summed E-state index contributed by atoms with van der Waals surface area (Å²) in [7, 11) is 0. The number of rotatable bonds is 3. The first-order chi connectivity index (χ1) is 9.17. The van der Waals surface area contributed by atoms with Gasteiger partial charge >= 0.3 is 18.2 Å². The highest BCUT2D eigenvalue weighted by molar-refractivity contribution is 5.80. The van der Waals surface area contributed by atoms with Gasteiger partial charge in [-0.2, -0.15) is 13.2 Å². The van der Waals surface area contributed by atoms with Gasteiger partial charge in [-0.05, 0) is 24.7 Å². The van der Waals surface area contributed by atoms with Crippen LogP contribution in [0.2, 0.25) is 0 Å². The van der Waals surface area contributed by atoms with Crippen LogP contribution in [-0.4, -0.2) is 47.8 Å². The van der Waals surface area contributed by atoms with E-state index in [0.717, 1.165) is 11.3 Å². The number of nitrogens with zero attached hydrogens (tertiary/aromatic N) is 1. The lowest BCUT2D eigenvalue weighted by molar-refractivity contribution is -0.226. The van der Waals surface area contributed by atoms with E-state index in [-0.39, 0.29) is 6.54 Å². The molecule has 3 atom stereocenters. The predicted octanol–water partition coefficient (Wildman–Crippen LogP) is 1.69. The summed E-state index contributed by atoms with van der Waals surface area (Å²) in [6, 6.07) is -0.614. The van der Waals surface area contributed by atoms with Gasteiger partial charge in [-0.15, -0.1) is 0 Å². The number of likely N-dealkylation sites (tertiary alicyclic amines) is 1. The Morgan fingerprint density at radius 1 is 1.45 bits per heavy atom. The lowest BCUT2D eigenvalue weighted by Crippen LogP contribution is -2.49. The summed E-state index contributed by atoms with van der Waals surface area (Å²) in [6.07, 6.45) is -4.46. The second kappa shape index (κ2) is 4.82. The van der Waals surface area contributed by atoms with Crippen molar-refractivity contribution in [2.24, 2.45) is 17.3 Å².